The average Bonchev–Trinajstić information content (AvgIpc) is 2.71. The van der Waals surface area contributed by atoms with Crippen molar-refractivity contribution in [3.63, 3.8) is 0 Å². The average molecular weight is 418 g/mol. The number of alkyl halides is 3. The molecule has 0 unspecified atom stereocenters. The summed E-state index contributed by atoms with van der Waals surface area (Å²) in [5.41, 5.74) is -0.643. The Morgan fingerprint density at radius 3 is 2.50 bits per heavy atom. The quantitative estimate of drug-likeness (QED) is 0.572. The highest BCUT2D eigenvalue weighted by atomic mass is 19.4. The van der Waals surface area contributed by atoms with E-state index in [-0.39, 0.29) is 28.7 Å². The number of hydrogen-bond donors (Lipinski definition) is 2. The second-order valence-corrected chi connectivity index (χ2v) is 6.05. The van der Waals surface area contributed by atoms with Crippen molar-refractivity contribution in [1.29, 1.82) is 0 Å². The number of halogens is 3. The first-order valence-corrected chi connectivity index (χ1v) is 8.85. The molecule has 6 nitrogen and oxygen atoms in total. The van der Waals surface area contributed by atoms with Gasteiger partial charge in [-0.1, -0.05) is 6.07 Å². The number of benzene rings is 2. The van der Waals surface area contributed by atoms with Crippen molar-refractivity contribution in [2.24, 2.45) is 0 Å². The maximum atomic E-state index is 12.8. The fraction of sp³-hybridized carbons (Fsp3) is 0.143. The van der Waals surface area contributed by atoms with Crippen LogP contribution in [0.3, 0.4) is 0 Å². The summed E-state index contributed by atoms with van der Waals surface area (Å²) in [4.78, 5) is 16.2. The van der Waals surface area contributed by atoms with Crippen molar-refractivity contribution >= 4 is 11.6 Å². The molecular formula is C21H17F3N2O4. The van der Waals surface area contributed by atoms with E-state index in [0.717, 1.165) is 12.1 Å². The zero-order chi connectivity index (χ0) is 21.7. The lowest BCUT2D eigenvalue weighted by molar-refractivity contribution is -0.137. The van der Waals surface area contributed by atoms with Gasteiger partial charge in [-0.05, 0) is 49.4 Å². The van der Waals surface area contributed by atoms with Crippen molar-refractivity contribution in [3.8, 4) is 23.0 Å². The number of anilines is 1. The standard InChI is InChI=1S/C21H17F3N2O4/c1-2-29-17-10-11-25-18(19(17)27)20(28)26-14-6-8-15(9-7-14)30-16-5-3-4-13(12-16)21(22,23)24/h3-12,27H,2H2,1H3,(H,26,28). The predicted octanol–water partition coefficient (Wildman–Crippen LogP) is 5.25. The van der Waals surface area contributed by atoms with Crippen LogP contribution in [-0.4, -0.2) is 22.6 Å². The Balaban J connectivity index is 1.69. The molecule has 0 aliphatic carbocycles. The molecule has 0 bridgehead atoms. The van der Waals surface area contributed by atoms with E-state index in [2.05, 4.69) is 10.3 Å². The molecule has 0 aliphatic rings. The van der Waals surface area contributed by atoms with Gasteiger partial charge in [0.05, 0.1) is 12.2 Å². The summed E-state index contributed by atoms with van der Waals surface area (Å²) in [6.45, 7) is 2.05. The van der Waals surface area contributed by atoms with Crippen LogP contribution in [0.1, 0.15) is 23.0 Å². The van der Waals surface area contributed by atoms with Gasteiger partial charge in [0.2, 0.25) is 0 Å². The molecule has 3 rings (SSSR count). The molecule has 0 aliphatic heterocycles. The highest BCUT2D eigenvalue weighted by molar-refractivity contribution is 6.05. The van der Waals surface area contributed by atoms with Crippen LogP contribution in [0.2, 0.25) is 0 Å². The SMILES string of the molecule is CCOc1ccnc(C(=O)Nc2ccc(Oc3cccc(C(F)(F)F)c3)cc2)c1O. The molecule has 0 fully saturated rings. The van der Waals surface area contributed by atoms with Crippen LogP contribution >= 0.6 is 0 Å². The molecular weight excluding hydrogens is 401 g/mol. The molecule has 1 heterocycles. The third-order valence-corrected chi connectivity index (χ3v) is 3.91. The Labute approximate surface area is 169 Å². The molecule has 0 spiro atoms. The van der Waals surface area contributed by atoms with Crippen molar-refractivity contribution < 1.29 is 32.5 Å². The molecule has 0 saturated carbocycles. The van der Waals surface area contributed by atoms with Crippen LogP contribution in [0, 0.1) is 0 Å². The summed E-state index contributed by atoms with van der Waals surface area (Å²) in [7, 11) is 0. The number of nitrogens with one attached hydrogen (secondary N) is 1. The predicted molar refractivity (Wildman–Crippen MR) is 103 cm³/mol. The van der Waals surface area contributed by atoms with Gasteiger partial charge in [-0.15, -0.1) is 0 Å². The molecule has 9 heteroatoms. The minimum absolute atomic E-state index is 0.0310. The third kappa shape index (κ3) is 4.99. The number of rotatable bonds is 6. The lowest BCUT2D eigenvalue weighted by Crippen LogP contribution is -2.14. The summed E-state index contributed by atoms with van der Waals surface area (Å²) in [6.07, 6.45) is -3.13. The van der Waals surface area contributed by atoms with Gasteiger partial charge < -0.3 is 19.9 Å². The third-order valence-electron chi connectivity index (χ3n) is 3.91. The monoisotopic (exact) mass is 418 g/mol. The number of aromatic hydroxyl groups is 1. The Kier molecular flexibility index (Phi) is 6.10. The zero-order valence-corrected chi connectivity index (χ0v) is 15.7. The molecule has 0 saturated heterocycles. The van der Waals surface area contributed by atoms with Crippen LogP contribution in [-0.2, 0) is 6.18 Å². The number of aromatic nitrogens is 1. The van der Waals surface area contributed by atoms with Crippen LogP contribution in [0.4, 0.5) is 18.9 Å². The second kappa shape index (κ2) is 8.73. The van der Waals surface area contributed by atoms with Crippen molar-refractivity contribution in [1.82, 2.24) is 4.98 Å². The fourth-order valence-corrected chi connectivity index (χ4v) is 2.54. The second-order valence-electron chi connectivity index (χ2n) is 6.05. The molecule has 2 N–H and O–H groups in total. The summed E-state index contributed by atoms with van der Waals surface area (Å²) in [6, 6.07) is 11.9. The van der Waals surface area contributed by atoms with Gasteiger partial charge in [0.15, 0.2) is 17.2 Å². The normalized spacial score (nSPS) is 11.1. The van der Waals surface area contributed by atoms with E-state index >= 15 is 0 Å². The van der Waals surface area contributed by atoms with Gasteiger partial charge in [-0.3, -0.25) is 4.79 Å². The van der Waals surface area contributed by atoms with Crippen molar-refractivity contribution in [2.75, 3.05) is 11.9 Å². The van der Waals surface area contributed by atoms with Gasteiger partial charge >= 0.3 is 6.18 Å². The van der Waals surface area contributed by atoms with E-state index in [0.29, 0.717) is 12.3 Å². The summed E-state index contributed by atoms with van der Waals surface area (Å²) >= 11 is 0. The molecule has 3 aromatic rings. The first kappa shape index (κ1) is 21.0. The van der Waals surface area contributed by atoms with E-state index in [4.69, 9.17) is 9.47 Å². The summed E-state index contributed by atoms with van der Waals surface area (Å²) in [5.74, 6) is -0.570. The van der Waals surface area contributed by atoms with E-state index in [9.17, 15) is 23.1 Å². The minimum atomic E-state index is -4.47. The highest BCUT2D eigenvalue weighted by Gasteiger charge is 2.30. The van der Waals surface area contributed by atoms with Gasteiger partial charge in [-0.25, -0.2) is 4.98 Å². The Morgan fingerprint density at radius 1 is 1.10 bits per heavy atom. The largest absolute Gasteiger partial charge is 0.503 e. The number of nitrogens with zero attached hydrogens (tertiary/aromatic N) is 1. The van der Waals surface area contributed by atoms with Gasteiger partial charge in [-0.2, -0.15) is 13.2 Å². The number of carbonyl (C=O) groups is 1. The maximum Gasteiger partial charge on any atom is 0.416 e. The van der Waals surface area contributed by atoms with E-state index < -0.39 is 17.6 Å². The summed E-state index contributed by atoms with van der Waals surface area (Å²) < 4.78 is 49.0. The molecule has 2 aromatic carbocycles. The zero-order valence-electron chi connectivity index (χ0n) is 15.7. The first-order chi connectivity index (χ1) is 14.3. The smallest absolute Gasteiger partial charge is 0.416 e. The lowest BCUT2D eigenvalue weighted by Gasteiger charge is -2.11. The van der Waals surface area contributed by atoms with Crippen molar-refractivity contribution in [3.05, 3.63) is 72.1 Å². The molecule has 156 valence electrons. The lowest BCUT2D eigenvalue weighted by atomic mass is 10.2. The Morgan fingerprint density at radius 2 is 1.83 bits per heavy atom. The topological polar surface area (TPSA) is 80.7 Å². The number of pyridine rings is 1. The number of amides is 1. The number of ether oxygens (including phenoxy) is 2. The number of hydrogen-bond acceptors (Lipinski definition) is 5. The van der Waals surface area contributed by atoms with Crippen LogP contribution in [0.5, 0.6) is 23.0 Å². The molecule has 0 radical (unpaired) electrons. The summed E-state index contributed by atoms with van der Waals surface area (Å²) in [5, 5.41) is 12.7. The van der Waals surface area contributed by atoms with E-state index in [1.54, 1.807) is 6.92 Å². The minimum Gasteiger partial charge on any atom is -0.503 e. The van der Waals surface area contributed by atoms with E-state index in [1.165, 1.54) is 48.7 Å². The molecule has 1 aromatic heterocycles. The fourth-order valence-electron chi connectivity index (χ4n) is 2.54. The van der Waals surface area contributed by atoms with Crippen molar-refractivity contribution in [2.45, 2.75) is 13.1 Å². The van der Waals surface area contributed by atoms with Gasteiger partial charge in [0, 0.05) is 18.0 Å². The number of carbonyl (C=O) groups excluding carboxylic acids is 1. The molecule has 0 atom stereocenters. The van der Waals surface area contributed by atoms with Crippen LogP contribution in [0.15, 0.2) is 60.8 Å². The Bertz CT molecular complexity index is 1040. The first-order valence-electron chi connectivity index (χ1n) is 8.85. The molecule has 30 heavy (non-hydrogen) atoms. The van der Waals surface area contributed by atoms with Crippen LogP contribution < -0.4 is 14.8 Å². The highest BCUT2D eigenvalue weighted by Crippen LogP contribution is 2.33. The van der Waals surface area contributed by atoms with Crippen LogP contribution in [0.25, 0.3) is 0 Å². The van der Waals surface area contributed by atoms with Gasteiger partial charge in [0.1, 0.15) is 11.5 Å². The van der Waals surface area contributed by atoms with Gasteiger partial charge in [0.25, 0.3) is 5.91 Å². The maximum absolute atomic E-state index is 12.8. The van der Waals surface area contributed by atoms with E-state index in [1.807, 2.05) is 0 Å². The Hall–Kier alpha value is -3.75. The molecule has 1 amide bonds.